The van der Waals surface area contributed by atoms with Gasteiger partial charge in [0.25, 0.3) is 5.56 Å². The monoisotopic (exact) mass is 354 g/mol. The summed E-state index contributed by atoms with van der Waals surface area (Å²) in [6.07, 6.45) is 8.43. The maximum absolute atomic E-state index is 13.2. The van der Waals surface area contributed by atoms with Crippen LogP contribution >= 0.6 is 0 Å². The minimum atomic E-state index is 0.0950. The van der Waals surface area contributed by atoms with E-state index in [0.29, 0.717) is 12.5 Å². The molecule has 1 fully saturated rings. The van der Waals surface area contributed by atoms with Crippen LogP contribution in [0.25, 0.3) is 11.3 Å². The number of pyridine rings is 1. The van der Waals surface area contributed by atoms with Crippen LogP contribution in [-0.4, -0.2) is 41.3 Å². The molecule has 2 aliphatic carbocycles. The molecule has 0 N–H and O–H groups in total. The molecule has 6 nitrogen and oxygen atoms in total. The lowest BCUT2D eigenvalue weighted by atomic mass is 9.92. The Morgan fingerprint density at radius 1 is 1.23 bits per heavy atom. The molecule has 0 spiro atoms. The second-order valence-electron chi connectivity index (χ2n) is 7.39. The van der Waals surface area contributed by atoms with E-state index in [2.05, 4.69) is 9.88 Å². The first-order valence-corrected chi connectivity index (χ1v) is 9.47. The molecule has 0 unspecified atom stereocenters. The van der Waals surface area contributed by atoms with Gasteiger partial charge in [-0.05, 0) is 38.7 Å². The fourth-order valence-electron chi connectivity index (χ4n) is 4.29. The molecule has 6 heteroatoms. The number of ether oxygens (including phenoxy) is 1. The molecule has 138 valence electrons. The summed E-state index contributed by atoms with van der Waals surface area (Å²) in [5, 5.41) is 0. The number of rotatable bonds is 4. The van der Waals surface area contributed by atoms with Gasteiger partial charge in [0.05, 0.1) is 23.8 Å². The third kappa shape index (κ3) is 2.82. The van der Waals surface area contributed by atoms with E-state index in [9.17, 15) is 4.79 Å². The van der Waals surface area contributed by atoms with Gasteiger partial charge in [0.1, 0.15) is 0 Å². The standard InChI is InChI=1S/C20H26N4O2/c1-4-26-14-7-5-13(6-8-14)24-12-22-19-15(20(24)25)11-16-18(19)17(23(2)3)9-10-21-16/h9-10,12-14H,4-8,11H2,1-3H3. The van der Waals surface area contributed by atoms with E-state index < -0.39 is 0 Å². The molecule has 0 aliphatic heterocycles. The highest BCUT2D eigenvalue weighted by Crippen LogP contribution is 2.39. The number of hydrogen-bond acceptors (Lipinski definition) is 5. The van der Waals surface area contributed by atoms with Crippen LogP contribution in [0, 0.1) is 0 Å². The zero-order valence-electron chi connectivity index (χ0n) is 15.7. The highest BCUT2D eigenvalue weighted by Gasteiger charge is 2.30. The topological polar surface area (TPSA) is 60.3 Å². The first-order valence-electron chi connectivity index (χ1n) is 9.47. The average Bonchev–Trinajstić information content (AvgIpc) is 3.03. The predicted octanol–water partition coefficient (Wildman–Crippen LogP) is 2.80. The number of anilines is 1. The minimum absolute atomic E-state index is 0.0950. The molecule has 2 heterocycles. The Labute approximate surface area is 153 Å². The summed E-state index contributed by atoms with van der Waals surface area (Å²) in [6, 6.07) is 2.21. The van der Waals surface area contributed by atoms with E-state index in [4.69, 9.17) is 9.72 Å². The second-order valence-corrected chi connectivity index (χ2v) is 7.39. The maximum Gasteiger partial charge on any atom is 0.257 e. The van der Waals surface area contributed by atoms with Crippen LogP contribution in [0.15, 0.2) is 23.4 Å². The van der Waals surface area contributed by atoms with Gasteiger partial charge in [-0.2, -0.15) is 0 Å². The SMILES string of the molecule is CCOC1CCC(n2cnc3c(c2=O)Cc2nccc(N(C)C)c2-3)CC1. The fraction of sp³-hybridized carbons (Fsp3) is 0.550. The van der Waals surface area contributed by atoms with Gasteiger partial charge in [-0.25, -0.2) is 4.98 Å². The first kappa shape index (κ1) is 17.2. The van der Waals surface area contributed by atoms with Crippen LogP contribution in [0.1, 0.15) is 49.9 Å². The molecule has 0 atom stereocenters. The molecule has 0 saturated heterocycles. The van der Waals surface area contributed by atoms with Crippen molar-refractivity contribution in [3.05, 3.63) is 40.2 Å². The third-order valence-electron chi connectivity index (χ3n) is 5.60. The Balaban J connectivity index is 1.66. The average molecular weight is 354 g/mol. The van der Waals surface area contributed by atoms with Gasteiger partial charge in [0.15, 0.2) is 0 Å². The first-order chi connectivity index (χ1) is 12.6. The van der Waals surface area contributed by atoms with Gasteiger partial charge in [-0.15, -0.1) is 0 Å². The van der Waals surface area contributed by atoms with E-state index in [1.165, 1.54) is 0 Å². The molecular weight excluding hydrogens is 328 g/mol. The molecule has 2 aliphatic rings. The van der Waals surface area contributed by atoms with E-state index >= 15 is 0 Å². The summed E-state index contributed by atoms with van der Waals surface area (Å²) in [6.45, 7) is 2.80. The number of hydrogen-bond donors (Lipinski definition) is 0. The maximum atomic E-state index is 13.2. The Morgan fingerprint density at radius 2 is 2.00 bits per heavy atom. The summed E-state index contributed by atoms with van der Waals surface area (Å²) < 4.78 is 7.58. The molecule has 0 bridgehead atoms. The lowest BCUT2D eigenvalue weighted by Gasteiger charge is -2.29. The lowest BCUT2D eigenvalue weighted by Crippen LogP contribution is -2.32. The Hall–Kier alpha value is -2.21. The van der Waals surface area contributed by atoms with Crippen LogP contribution in [-0.2, 0) is 11.2 Å². The zero-order valence-corrected chi connectivity index (χ0v) is 15.7. The molecule has 2 aromatic heterocycles. The van der Waals surface area contributed by atoms with Gasteiger partial charge in [-0.1, -0.05) is 0 Å². The second kappa shape index (κ2) is 6.83. The lowest BCUT2D eigenvalue weighted by molar-refractivity contribution is 0.0267. The van der Waals surface area contributed by atoms with E-state index in [-0.39, 0.29) is 11.6 Å². The van der Waals surface area contributed by atoms with Crippen molar-refractivity contribution in [1.82, 2.24) is 14.5 Å². The van der Waals surface area contributed by atoms with Crippen LogP contribution in [0.2, 0.25) is 0 Å². The molecule has 1 saturated carbocycles. The number of nitrogens with zero attached hydrogens (tertiary/aromatic N) is 4. The van der Waals surface area contributed by atoms with Crippen LogP contribution in [0.5, 0.6) is 0 Å². The van der Waals surface area contributed by atoms with Gasteiger partial charge in [0.2, 0.25) is 0 Å². The highest BCUT2D eigenvalue weighted by atomic mass is 16.5. The molecule has 26 heavy (non-hydrogen) atoms. The van der Waals surface area contributed by atoms with E-state index in [1.54, 1.807) is 6.33 Å². The quantitative estimate of drug-likeness (QED) is 0.721. The molecule has 0 amide bonds. The van der Waals surface area contributed by atoms with Crippen molar-refractivity contribution in [1.29, 1.82) is 0 Å². The summed E-state index contributed by atoms with van der Waals surface area (Å²) in [5.41, 5.74) is 4.72. The molecule has 4 rings (SSSR count). The predicted molar refractivity (Wildman–Crippen MR) is 102 cm³/mol. The van der Waals surface area contributed by atoms with Crippen molar-refractivity contribution < 1.29 is 4.74 Å². The fourth-order valence-corrected chi connectivity index (χ4v) is 4.29. The summed E-state index contributed by atoms with van der Waals surface area (Å²) in [7, 11) is 4.01. The smallest absolute Gasteiger partial charge is 0.257 e. The summed E-state index contributed by atoms with van der Waals surface area (Å²) in [5.74, 6) is 0. The van der Waals surface area contributed by atoms with Crippen molar-refractivity contribution in [3.63, 3.8) is 0 Å². The van der Waals surface area contributed by atoms with Crippen molar-refractivity contribution in [2.24, 2.45) is 0 Å². The largest absolute Gasteiger partial charge is 0.379 e. The highest BCUT2D eigenvalue weighted by molar-refractivity contribution is 5.83. The van der Waals surface area contributed by atoms with Crippen LogP contribution < -0.4 is 10.5 Å². The van der Waals surface area contributed by atoms with Gasteiger partial charge in [-0.3, -0.25) is 14.3 Å². The van der Waals surface area contributed by atoms with Crippen molar-refractivity contribution in [3.8, 4) is 11.3 Å². The number of aromatic nitrogens is 3. The van der Waals surface area contributed by atoms with Crippen molar-refractivity contribution in [2.75, 3.05) is 25.6 Å². The molecule has 2 aromatic rings. The Morgan fingerprint density at radius 3 is 2.69 bits per heavy atom. The van der Waals surface area contributed by atoms with E-state index in [0.717, 1.165) is 60.5 Å². The van der Waals surface area contributed by atoms with Gasteiger partial charge >= 0.3 is 0 Å². The Kier molecular flexibility index (Phi) is 4.53. The van der Waals surface area contributed by atoms with Crippen molar-refractivity contribution >= 4 is 5.69 Å². The van der Waals surface area contributed by atoms with Gasteiger partial charge < -0.3 is 9.64 Å². The van der Waals surface area contributed by atoms with E-state index in [1.807, 2.05) is 37.8 Å². The third-order valence-corrected chi connectivity index (χ3v) is 5.60. The Bertz CT molecular complexity index is 867. The minimum Gasteiger partial charge on any atom is -0.379 e. The molecular formula is C20H26N4O2. The number of fused-ring (bicyclic) bond motifs is 3. The van der Waals surface area contributed by atoms with Gasteiger partial charge in [0, 0.05) is 56.2 Å². The molecule has 0 aromatic carbocycles. The summed E-state index contributed by atoms with van der Waals surface area (Å²) >= 11 is 0. The summed E-state index contributed by atoms with van der Waals surface area (Å²) in [4.78, 5) is 24.4. The molecule has 0 radical (unpaired) electrons. The normalized spacial score (nSPS) is 21.3. The van der Waals surface area contributed by atoms with Crippen molar-refractivity contribution in [2.45, 2.75) is 51.2 Å². The van der Waals surface area contributed by atoms with Crippen LogP contribution in [0.4, 0.5) is 5.69 Å². The van der Waals surface area contributed by atoms with Crippen LogP contribution in [0.3, 0.4) is 0 Å². The zero-order chi connectivity index (χ0) is 18.3.